The van der Waals surface area contributed by atoms with Crippen LogP contribution in [0.4, 0.5) is 11.5 Å². The van der Waals surface area contributed by atoms with E-state index in [0.29, 0.717) is 38.3 Å². The molecule has 0 saturated carbocycles. The lowest BCUT2D eigenvalue weighted by Crippen LogP contribution is -2.11. The molecule has 8 heteroatoms. The summed E-state index contributed by atoms with van der Waals surface area (Å²) in [5.74, 6) is 0.108. The molecule has 2 heterocycles. The van der Waals surface area contributed by atoms with Crippen molar-refractivity contribution in [2.24, 2.45) is 5.73 Å². The average molecular weight is 283 g/mol. The van der Waals surface area contributed by atoms with Gasteiger partial charge >= 0.3 is 0 Å². The number of nitrogens with one attached hydrogen (secondary N) is 1. The number of nitrogens with zero attached hydrogens (tertiary/aromatic N) is 2. The fraction of sp³-hybridized carbons (Fsp3) is 0.300. The Morgan fingerprint density at radius 3 is 2.78 bits per heavy atom. The summed E-state index contributed by atoms with van der Waals surface area (Å²) in [5, 5.41) is 4.44. The zero-order chi connectivity index (χ0) is 13.3. The van der Waals surface area contributed by atoms with E-state index in [0.717, 1.165) is 0 Å². The number of hydrogen-bond donors (Lipinski definition) is 3. The van der Waals surface area contributed by atoms with Gasteiger partial charge < -0.3 is 16.8 Å². The van der Waals surface area contributed by atoms with E-state index < -0.39 is 5.91 Å². The molecule has 0 unspecified atom stereocenters. The molecule has 0 spiro atoms. The molecule has 96 valence electrons. The number of thioether (sulfide) groups is 1. The molecule has 2 aromatic heterocycles. The number of rotatable bonds is 4. The molecule has 0 saturated heterocycles. The highest BCUT2D eigenvalue weighted by atomic mass is 32.2. The normalized spacial score (nSPS) is 10.8. The van der Waals surface area contributed by atoms with Crippen LogP contribution in [0.1, 0.15) is 16.6 Å². The van der Waals surface area contributed by atoms with Crippen LogP contribution < -0.4 is 16.8 Å². The Balaban J connectivity index is 2.75. The second-order valence-corrected chi connectivity index (χ2v) is 5.25. The second-order valence-electron chi connectivity index (χ2n) is 3.48. The van der Waals surface area contributed by atoms with Crippen molar-refractivity contribution < 1.29 is 4.79 Å². The first-order valence-electron chi connectivity index (χ1n) is 5.26. The topological polar surface area (TPSA) is 107 Å². The lowest BCUT2D eigenvalue weighted by atomic mass is 10.2. The van der Waals surface area contributed by atoms with Crippen molar-refractivity contribution in [3.05, 3.63) is 4.88 Å². The number of primary amides is 1. The van der Waals surface area contributed by atoms with E-state index in [2.05, 4.69) is 15.3 Å². The lowest BCUT2D eigenvalue weighted by molar-refractivity contribution is 0.100. The van der Waals surface area contributed by atoms with Gasteiger partial charge in [0.2, 0.25) is 0 Å². The van der Waals surface area contributed by atoms with E-state index in [-0.39, 0.29) is 0 Å². The third-order valence-corrected chi connectivity index (χ3v) is 3.98. The van der Waals surface area contributed by atoms with Gasteiger partial charge in [0.15, 0.2) is 5.16 Å². The van der Waals surface area contributed by atoms with Gasteiger partial charge in [0, 0.05) is 6.54 Å². The highest BCUT2D eigenvalue weighted by Crippen LogP contribution is 2.37. The van der Waals surface area contributed by atoms with Crippen LogP contribution in [0.3, 0.4) is 0 Å². The van der Waals surface area contributed by atoms with Crippen LogP contribution in [-0.4, -0.2) is 28.7 Å². The molecular weight excluding hydrogens is 270 g/mol. The quantitative estimate of drug-likeness (QED) is 0.580. The third kappa shape index (κ3) is 2.08. The van der Waals surface area contributed by atoms with Gasteiger partial charge in [0.1, 0.15) is 15.5 Å². The molecule has 0 aliphatic heterocycles. The van der Waals surface area contributed by atoms with E-state index in [1.807, 2.05) is 13.2 Å². The van der Waals surface area contributed by atoms with Crippen LogP contribution in [0.15, 0.2) is 5.16 Å². The summed E-state index contributed by atoms with van der Waals surface area (Å²) in [6, 6.07) is 0. The van der Waals surface area contributed by atoms with Gasteiger partial charge in [-0.3, -0.25) is 4.79 Å². The molecule has 18 heavy (non-hydrogen) atoms. The van der Waals surface area contributed by atoms with Crippen LogP contribution in [-0.2, 0) is 0 Å². The van der Waals surface area contributed by atoms with Gasteiger partial charge in [-0.1, -0.05) is 11.8 Å². The van der Waals surface area contributed by atoms with Crippen LogP contribution >= 0.6 is 23.1 Å². The molecule has 6 nitrogen and oxygen atoms in total. The first-order valence-corrected chi connectivity index (χ1v) is 7.30. The van der Waals surface area contributed by atoms with Crippen molar-refractivity contribution in [3.63, 3.8) is 0 Å². The number of nitrogens with two attached hydrogens (primary N) is 2. The van der Waals surface area contributed by atoms with E-state index in [1.165, 1.54) is 23.1 Å². The predicted octanol–water partition coefficient (Wildman–Crippen LogP) is 1.53. The molecule has 1 amide bonds. The van der Waals surface area contributed by atoms with Crippen molar-refractivity contribution >= 4 is 50.7 Å². The first kappa shape index (κ1) is 12.9. The minimum Gasteiger partial charge on any atom is -0.397 e. The fourth-order valence-corrected chi connectivity index (χ4v) is 2.94. The van der Waals surface area contributed by atoms with Gasteiger partial charge in [-0.25, -0.2) is 9.97 Å². The Labute approximate surface area is 112 Å². The summed E-state index contributed by atoms with van der Waals surface area (Å²) in [6.07, 6.45) is 1.89. The molecule has 0 aliphatic carbocycles. The maximum absolute atomic E-state index is 11.3. The van der Waals surface area contributed by atoms with Gasteiger partial charge in [-0.05, 0) is 13.2 Å². The van der Waals surface area contributed by atoms with E-state index in [1.54, 1.807) is 0 Å². The van der Waals surface area contributed by atoms with Gasteiger partial charge in [0.25, 0.3) is 5.91 Å². The molecule has 0 atom stereocenters. The lowest BCUT2D eigenvalue weighted by Gasteiger charge is -2.06. The number of carbonyl (C=O) groups excluding carboxylic acids is 1. The number of amides is 1. The number of aromatic nitrogens is 2. The molecule has 0 bridgehead atoms. The molecule has 0 fully saturated rings. The van der Waals surface area contributed by atoms with Gasteiger partial charge in [-0.15, -0.1) is 11.3 Å². The van der Waals surface area contributed by atoms with Crippen molar-refractivity contribution in [2.45, 2.75) is 12.1 Å². The summed E-state index contributed by atoms with van der Waals surface area (Å²) in [4.78, 5) is 21.0. The number of anilines is 2. The smallest absolute Gasteiger partial charge is 0.260 e. The van der Waals surface area contributed by atoms with Gasteiger partial charge in [0.05, 0.1) is 11.1 Å². The monoisotopic (exact) mass is 283 g/mol. The summed E-state index contributed by atoms with van der Waals surface area (Å²) in [6.45, 7) is 2.67. The van der Waals surface area contributed by atoms with Crippen molar-refractivity contribution in [3.8, 4) is 0 Å². The minimum absolute atomic E-state index is 0.330. The van der Waals surface area contributed by atoms with Crippen LogP contribution in [0.2, 0.25) is 0 Å². The number of carbonyl (C=O) groups is 1. The maximum atomic E-state index is 11.3. The minimum atomic E-state index is -0.538. The zero-order valence-electron chi connectivity index (χ0n) is 9.98. The van der Waals surface area contributed by atoms with E-state index >= 15 is 0 Å². The predicted molar refractivity (Wildman–Crippen MR) is 76.3 cm³/mol. The Bertz CT molecular complexity index is 610. The Hall–Kier alpha value is -1.54. The second kappa shape index (κ2) is 4.99. The largest absolute Gasteiger partial charge is 0.397 e. The van der Waals surface area contributed by atoms with Crippen LogP contribution in [0.25, 0.3) is 10.2 Å². The summed E-state index contributed by atoms with van der Waals surface area (Å²) < 4.78 is 0. The summed E-state index contributed by atoms with van der Waals surface area (Å²) in [7, 11) is 0. The first-order chi connectivity index (χ1) is 8.58. The standard InChI is InChI=1S/C10H13N5OS2/c1-3-13-8-4-5(11)6(7(12)16)18-9(4)15-10(14-8)17-2/h3,11H2,1-2H3,(H2,12,16)(H,13,14,15). The fourth-order valence-electron chi connectivity index (χ4n) is 1.57. The highest BCUT2D eigenvalue weighted by molar-refractivity contribution is 7.98. The van der Waals surface area contributed by atoms with E-state index in [9.17, 15) is 4.79 Å². The number of hydrogen-bond acceptors (Lipinski definition) is 7. The van der Waals surface area contributed by atoms with Crippen molar-refractivity contribution in [1.29, 1.82) is 0 Å². The molecular formula is C10H13N5OS2. The van der Waals surface area contributed by atoms with Crippen LogP contribution in [0, 0.1) is 0 Å². The summed E-state index contributed by atoms with van der Waals surface area (Å²) in [5.41, 5.74) is 11.6. The van der Waals surface area contributed by atoms with Crippen molar-refractivity contribution in [1.82, 2.24) is 9.97 Å². The number of fused-ring (bicyclic) bond motifs is 1. The van der Waals surface area contributed by atoms with E-state index in [4.69, 9.17) is 11.5 Å². The van der Waals surface area contributed by atoms with Crippen LogP contribution in [0.5, 0.6) is 0 Å². The molecule has 0 radical (unpaired) electrons. The number of thiophene rings is 1. The SMILES string of the molecule is CCNc1nc(SC)nc2sc(C(N)=O)c(N)c12. The Morgan fingerprint density at radius 2 is 2.22 bits per heavy atom. The number of nitrogen functional groups attached to an aromatic ring is 1. The Kier molecular flexibility index (Phi) is 3.58. The summed E-state index contributed by atoms with van der Waals surface area (Å²) >= 11 is 2.63. The van der Waals surface area contributed by atoms with Gasteiger partial charge in [-0.2, -0.15) is 0 Å². The zero-order valence-corrected chi connectivity index (χ0v) is 11.6. The molecule has 5 N–H and O–H groups in total. The Morgan fingerprint density at radius 1 is 1.50 bits per heavy atom. The molecule has 2 aromatic rings. The molecule has 0 aromatic carbocycles. The van der Waals surface area contributed by atoms with Crippen molar-refractivity contribution in [2.75, 3.05) is 23.9 Å². The molecule has 2 rings (SSSR count). The highest BCUT2D eigenvalue weighted by Gasteiger charge is 2.19. The average Bonchev–Trinajstić information content (AvgIpc) is 2.67. The third-order valence-electron chi connectivity index (χ3n) is 2.32. The maximum Gasteiger partial charge on any atom is 0.260 e. The molecule has 0 aliphatic rings.